The number of rotatable bonds is 4. The van der Waals surface area contributed by atoms with Crippen molar-refractivity contribution in [2.24, 2.45) is 0 Å². The zero-order valence-electron chi connectivity index (χ0n) is 10.7. The molecule has 2 amide bonds. The van der Waals surface area contributed by atoms with Crippen LogP contribution in [-0.4, -0.2) is 22.1 Å². The summed E-state index contributed by atoms with van der Waals surface area (Å²) in [5.41, 5.74) is 1.49. The summed E-state index contributed by atoms with van der Waals surface area (Å²) in [6, 6.07) is 2.94. The Bertz CT molecular complexity index is 639. The molecular weight excluding hydrogens is 278 g/mol. The van der Waals surface area contributed by atoms with Crippen molar-refractivity contribution in [2.75, 3.05) is 5.32 Å². The quantitative estimate of drug-likeness (QED) is 0.807. The monoisotopic (exact) mass is 291 g/mol. The first-order valence-corrected chi connectivity index (χ1v) is 6.70. The number of aryl methyl sites for hydroxylation is 1. The Balaban J connectivity index is 1.93. The Kier molecular flexibility index (Phi) is 4.31. The van der Waals surface area contributed by atoms with Crippen LogP contribution in [-0.2, 0) is 6.54 Å². The normalized spacial score (nSPS) is 10.1. The summed E-state index contributed by atoms with van der Waals surface area (Å²) in [7, 11) is 0. The van der Waals surface area contributed by atoms with Crippen LogP contribution in [0.15, 0.2) is 29.9 Å². The van der Waals surface area contributed by atoms with Crippen LogP contribution in [0.25, 0.3) is 0 Å². The number of carbonyl (C=O) groups excluding carboxylic acids is 1. The number of pyridine rings is 1. The molecule has 0 aliphatic carbocycles. The lowest BCUT2D eigenvalue weighted by atomic mass is 10.2. The fourth-order valence-electron chi connectivity index (χ4n) is 1.55. The topological polar surface area (TPSA) is 91.3 Å². The second kappa shape index (κ2) is 6.16. The van der Waals surface area contributed by atoms with E-state index in [2.05, 4.69) is 15.6 Å². The predicted molar refractivity (Wildman–Crippen MR) is 76.1 cm³/mol. The smallest absolute Gasteiger partial charge is 0.337 e. The standard InChI is InChI=1S/C13H13N3O3S/c1-8-2-3-20-11(8)7-15-13(19)16-10-4-9(12(17)18)5-14-6-10/h2-6H,7H2,1H3,(H,17,18)(H2,15,16,19). The third-order valence-corrected chi connectivity index (χ3v) is 3.64. The molecule has 7 heteroatoms. The first-order chi connectivity index (χ1) is 9.56. The van der Waals surface area contributed by atoms with Gasteiger partial charge in [0.1, 0.15) is 0 Å². The Hall–Kier alpha value is -2.41. The van der Waals surface area contributed by atoms with E-state index in [1.54, 1.807) is 11.3 Å². The van der Waals surface area contributed by atoms with Crippen molar-refractivity contribution in [3.63, 3.8) is 0 Å². The van der Waals surface area contributed by atoms with E-state index in [9.17, 15) is 9.59 Å². The maximum absolute atomic E-state index is 11.7. The lowest BCUT2D eigenvalue weighted by Gasteiger charge is -2.07. The highest BCUT2D eigenvalue weighted by molar-refractivity contribution is 7.10. The molecule has 3 N–H and O–H groups in total. The molecule has 0 fully saturated rings. The van der Waals surface area contributed by atoms with E-state index in [4.69, 9.17) is 5.11 Å². The molecule has 0 atom stereocenters. The van der Waals surface area contributed by atoms with Gasteiger partial charge in [-0.1, -0.05) is 0 Å². The fraction of sp³-hybridized carbons (Fsp3) is 0.154. The van der Waals surface area contributed by atoms with Gasteiger partial charge in [0.2, 0.25) is 0 Å². The average Bonchev–Trinajstić information content (AvgIpc) is 2.82. The molecule has 2 aromatic rings. The maximum atomic E-state index is 11.7. The third kappa shape index (κ3) is 3.55. The van der Waals surface area contributed by atoms with Crippen LogP contribution in [0.4, 0.5) is 10.5 Å². The number of carboxylic acids is 1. The molecule has 0 aliphatic heterocycles. The molecule has 2 aromatic heterocycles. The van der Waals surface area contributed by atoms with Crippen LogP contribution in [0.2, 0.25) is 0 Å². The minimum Gasteiger partial charge on any atom is -0.478 e. The van der Waals surface area contributed by atoms with Crippen molar-refractivity contribution in [1.82, 2.24) is 10.3 Å². The van der Waals surface area contributed by atoms with Gasteiger partial charge in [-0.2, -0.15) is 0 Å². The number of nitrogens with zero attached hydrogens (tertiary/aromatic N) is 1. The third-order valence-electron chi connectivity index (χ3n) is 2.62. The number of hydrogen-bond donors (Lipinski definition) is 3. The highest BCUT2D eigenvalue weighted by Gasteiger charge is 2.07. The Morgan fingerprint density at radius 2 is 2.20 bits per heavy atom. The summed E-state index contributed by atoms with van der Waals surface area (Å²) in [5.74, 6) is -1.09. The molecule has 0 aromatic carbocycles. The van der Waals surface area contributed by atoms with Crippen LogP contribution in [0, 0.1) is 6.92 Å². The van der Waals surface area contributed by atoms with E-state index in [0.29, 0.717) is 12.2 Å². The average molecular weight is 291 g/mol. The molecule has 0 bridgehead atoms. The Morgan fingerprint density at radius 3 is 2.85 bits per heavy atom. The number of anilines is 1. The number of aromatic nitrogens is 1. The molecule has 0 unspecified atom stereocenters. The minimum atomic E-state index is -1.09. The summed E-state index contributed by atoms with van der Waals surface area (Å²) in [6.45, 7) is 2.41. The maximum Gasteiger partial charge on any atom is 0.337 e. The van der Waals surface area contributed by atoms with E-state index in [-0.39, 0.29) is 5.56 Å². The molecule has 0 spiro atoms. The second-order valence-electron chi connectivity index (χ2n) is 4.10. The summed E-state index contributed by atoms with van der Waals surface area (Å²) in [4.78, 5) is 27.3. The van der Waals surface area contributed by atoms with Crippen LogP contribution in [0.1, 0.15) is 20.8 Å². The van der Waals surface area contributed by atoms with Crippen LogP contribution >= 0.6 is 11.3 Å². The number of urea groups is 1. The van der Waals surface area contributed by atoms with Gasteiger partial charge in [0.15, 0.2) is 0 Å². The molecule has 0 saturated carbocycles. The van der Waals surface area contributed by atoms with E-state index in [1.807, 2.05) is 18.4 Å². The summed E-state index contributed by atoms with van der Waals surface area (Å²) in [6.07, 6.45) is 2.61. The van der Waals surface area contributed by atoms with Crippen molar-refractivity contribution in [3.8, 4) is 0 Å². The molecule has 2 rings (SSSR count). The molecule has 6 nitrogen and oxygen atoms in total. The first-order valence-electron chi connectivity index (χ1n) is 5.82. The fourth-order valence-corrected chi connectivity index (χ4v) is 2.39. The van der Waals surface area contributed by atoms with Crippen LogP contribution in [0.3, 0.4) is 0 Å². The van der Waals surface area contributed by atoms with Gasteiger partial charge in [-0.05, 0) is 30.0 Å². The first kappa shape index (κ1) is 14.0. The number of nitrogens with one attached hydrogen (secondary N) is 2. The Labute approximate surface area is 119 Å². The van der Waals surface area contributed by atoms with Gasteiger partial charge >= 0.3 is 12.0 Å². The number of amides is 2. The van der Waals surface area contributed by atoms with E-state index >= 15 is 0 Å². The summed E-state index contributed by atoms with van der Waals surface area (Å²) in [5, 5.41) is 16.1. The summed E-state index contributed by atoms with van der Waals surface area (Å²) < 4.78 is 0. The van der Waals surface area contributed by atoms with Gasteiger partial charge < -0.3 is 15.7 Å². The van der Waals surface area contributed by atoms with Crippen LogP contribution < -0.4 is 10.6 Å². The molecular formula is C13H13N3O3S. The molecule has 104 valence electrons. The van der Waals surface area contributed by atoms with Gasteiger partial charge in [-0.15, -0.1) is 11.3 Å². The number of thiophene rings is 1. The highest BCUT2D eigenvalue weighted by Crippen LogP contribution is 2.15. The summed E-state index contributed by atoms with van der Waals surface area (Å²) >= 11 is 1.57. The van der Waals surface area contributed by atoms with Gasteiger partial charge in [-0.25, -0.2) is 9.59 Å². The SMILES string of the molecule is Cc1ccsc1CNC(=O)Nc1cncc(C(=O)O)c1. The van der Waals surface area contributed by atoms with E-state index in [0.717, 1.165) is 10.4 Å². The zero-order valence-corrected chi connectivity index (χ0v) is 11.5. The number of hydrogen-bond acceptors (Lipinski definition) is 4. The zero-order chi connectivity index (χ0) is 14.5. The molecule has 0 radical (unpaired) electrons. The minimum absolute atomic E-state index is 0.0249. The lowest BCUT2D eigenvalue weighted by molar-refractivity contribution is 0.0696. The van der Waals surface area contributed by atoms with Crippen molar-refractivity contribution in [1.29, 1.82) is 0 Å². The van der Waals surface area contributed by atoms with Crippen molar-refractivity contribution in [3.05, 3.63) is 45.9 Å². The van der Waals surface area contributed by atoms with E-state index < -0.39 is 12.0 Å². The number of carboxylic acid groups (broad SMARTS) is 1. The van der Waals surface area contributed by atoms with Crippen LogP contribution in [0.5, 0.6) is 0 Å². The second-order valence-corrected chi connectivity index (χ2v) is 5.10. The largest absolute Gasteiger partial charge is 0.478 e. The highest BCUT2D eigenvalue weighted by atomic mass is 32.1. The molecule has 0 aliphatic rings. The number of aromatic carboxylic acids is 1. The lowest BCUT2D eigenvalue weighted by Crippen LogP contribution is -2.28. The van der Waals surface area contributed by atoms with Gasteiger partial charge in [0.25, 0.3) is 0 Å². The van der Waals surface area contributed by atoms with E-state index in [1.165, 1.54) is 18.5 Å². The van der Waals surface area contributed by atoms with Crippen molar-refractivity contribution >= 4 is 29.0 Å². The van der Waals surface area contributed by atoms with Gasteiger partial charge in [0.05, 0.1) is 24.0 Å². The van der Waals surface area contributed by atoms with Crippen molar-refractivity contribution in [2.45, 2.75) is 13.5 Å². The van der Waals surface area contributed by atoms with Crippen molar-refractivity contribution < 1.29 is 14.7 Å². The molecule has 20 heavy (non-hydrogen) atoms. The molecule has 0 saturated heterocycles. The Morgan fingerprint density at radius 1 is 1.40 bits per heavy atom. The predicted octanol–water partition coefficient (Wildman–Crippen LogP) is 2.47. The van der Waals surface area contributed by atoms with Gasteiger partial charge in [-0.3, -0.25) is 4.98 Å². The molecule has 2 heterocycles. The number of carbonyl (C=O) groups is 2. The van der Waals surface area contributed by atoms with Gasteiger partial charge in [0, 0.05) is 11.1 Å².